The smallest absolute Gasteiger partial charge is 0.314 e. The number of hydrogen-bond acceptors (Lipinski definition) is 1. The molecule has 19 heavy (non-hydrogen) atoms. The van der Waals surface area contributed by atoms with Crippen LogP contribution < -0.4 is 5.32 Å². The second-order valence-corrected chi connectivity index (χ2v) is 4.98. The molecule has 0 saturated heterocycles. The van der Waals surface area contributed by atoms with Crippen LogP contribution in [-0.2, 0) is 6.18 Å². The van der Waals surface area contributed by atoms with Gasteiger partial charge in [0.05, 0.1) is 5.56 Å². The van der Waals surface area contributed by atoms with E-state index in [1.807, 2.05) is 13.0 Å². The van der Waals surface area contributed by atoms with Crippen molar-refractivity contribution in [3.05, 3.63) is 41.5 Å². The minimum Gasteiger partial charge on any atom is -0.314 e. The molecule has 1 saturated carbocycles. The SMILES string of the molecule is CC(=CCCNC1CC1)c1cccc(C(F)(F)F)c1. The van der Waals surface area contributed by atoms with Crippen LogP contribution in [0.3, 0.4) is 0 Å². The third-order valence-electron chi connectivity index (χ3n) is 3.25. The molecular weight excluding hydrogens is 251 g/mol. The molecule has 1 nitrogen and oxygen atoms in total. The van der Waals surface area contributed by atoms with Gasteiger partial charge >= 0.3 is 6.18 Å². The topological polar surface area (TPSA) is 12.0 Å². The van der Waals surface area contributed by atoms with Crippen molar-refractivity contribution in [3.63, 3.8) is 0 Å². The average molecular weight is 269 g/mol. The lowest BCUT2D eigenvalue weighted by Gasteiger charge is -2.09. The number of allylic oxidation sites excluding steroid dienone is 1. The highest BCUT2D eigenvalue weighted by Crippen LogP contribution is 2.30. The first kappa shape index (κ1) is 14.1. The van der Waals surface area contributed by atoms with Crippen molar-refractivity contribution >= 4 is 5.57 Å². The van der Waals surface area contributed by atoms with E-state index in [0.717, 1.165) is 24.6 Å². The van der Waals surface area contributed by atoms with E-state index >= 15 is 0 Å². The van der Waals surface area contributed by atoms with Gasteiger partial charge in [-0.25, -0.2) is 0 Å². The molecule has 1 N–H and O–H groups in total. The van der Waals surface area contributed by atoms with Crippen LogP contribution in [0.25, 0.3) is 5.57 Å². The molecule has 104 valence electrons. The molecule has 0 amide bonds. The van der Waals surface area contributed by atoms with Crippen molar-refractivity contribution in [2.75, 3.05) is 6.54 Å². The highest BCUT2D eigenvalue weighted by molar-refractivity contribution is 5.64. The van der Waals surface area contributed by atoms with Crippen LogP contribution in [0.4, 0.5) is 13.2 Å². The predicted octanol–water partition coefficient (Wildman–Crippen LogP) is 4.25. The van der Waals surface area contributed by atoms with Gasteiger partial charge in [0.2, 0.25) is 0 Å². The first-order valence-electron chi connectivity index (χ1n) is 6.54. The Morgan fingerprint density at radius 3 is 2.74 bits per heavy atom. The minimum absolute atomic E-state index is 0.589. The maximum absolute atomic E-state index is 12.6. The summed E-state index contributed by atoms with van der Waals surface area (Å²) < 4.78 is 37.8. The van der Waals surface area contributed by atoms with Crippen LogP contribution in [0, 0.1) is 0 Å². The van der Waals surface area contributed by atoms with Crippen LogP contribution >= 0.6 is 0 Å². The first-order chi connectivity index (χ1) is 8.97. The molecule has 0 atom stereocenters. The summed E-state index contributed by atoms with van der Waals surface area (Å²) in [6.07, 6.45) is 1.06. The van der Waals surface area contributed by atoms with E-state index in [9.17, 15) is 13.2 Å². The van der Waals surface area contributed by atoms with E-state index in [2.05, 4.69) is 5.32 Å². The van der Waals surface area contributed by atoms with E-state index in [1.165, 1.54) is 25.0 Å². The largest absolute Gasteiger partial charge is 0.416 e. The molecular formula is C15H18F3N. The quantitative estimate of drug-likeness (QED) is 0.788. The van der Waals surface area contributed by atoms with Gasteiger partial charge in [0.1, 0.15) is 0 Å². The van der Waals surface area contributed by atoms with Crippen molar-refractivity contribution in [2.45, 2.75) is 38.4 Å². The number of halogens is 3. The molecule has 0 aliphatic heterocycles. The van der Waals surface area contributed by atoms with Crippen LogP contribution in [0.1, 0.15) is 37.3 Å². The third kappa shape index (κ3) is 4.39. The number of hydrogen-bond donors (Lipinski definition) is 1. The molecule has 1 aromatic carbocycles. The lowest BCUT2D eigenvalue weighted by atomic mass is 10.0. The summed E-state index contributed by atoms with van der Waals surface area (Å²) in [7, 11) is 0. The van der Waals surface area contributed by atoms with E-state index < -0.39 is 11.7 Å². The number of alkyl halides is 3. The van der Waals surface area contributed by atoms with Gasteiger partial charge in [-0.05, 0) is 56.0 Å². The van der Waals surface area contributed by atoms with Crippen LogP contribution in [0.5, 0.6) is 0 Å². The molecule has 0 heterocycles. The number of benzene rings is 1. The molecule has 2 rings (SSSR count). The van der Waals surface area contributed by atoms with Gasteiger partial charge in [0, 0.05) is 6.04 Å². The minimum atomic E-state index is -4.27. The van der Waals surface area contributed by atoms with Gasteiger partial charge in [-0.15, -0.1) is 0 Å². The zero-order valence-corrected chi connectivity index (χ0v) is 10.9. The van der Waals surface area contributed by atoms with Gasteiger partial charge in [0.15, 0.2) is 0 Å². The van der Waals surface area contributed by atoms with Crippen molar-refractivity contribution in [1.29, 1.82) is 0 Å². The monoisotopic (exact) mass is 269 g/mol. The Hall–Kier alpha value is -1.29. The van der Waals surface area contributed by atoms with Crippen molar-refractivity contribution in [3.8, 4) is 0 Å². The highest BCUT2D eigenvalue weighted by Gasteiger charge is 2.30. The summed E-state index contributed by atoms with van der Waals surface area (Å²) in [6, 6.07) is 6.15. The highest BCUT2D eigenvalue weighted by atomic mass is 19.4. The van der Waals surface area contributed by atoms with Gasteiger partial charge in [-0.2, -0.15) is 13.2 Å². The van der Waals surface area contributed by atoms with Crippen molar-refractivity contribution in [1.82, 2.24) is 5.32 Å². The fraction of sp³-hybridized carbons (Fsp3) is 0.467. The number of nitrogens with one attached hydrogen (secondary N) is 1. The molecule has 4 heteroatoms. The summed E-state index contributed by atoms with van der Waals surface area (Å²) in [5, 5.41) is 3.37. The standard InChI is InChI=1S/C15H18F3N/c1-11(4-3-9-19-14-7-8-14)12-5-2-6-13(10-12)15(16,17)18/h2,4-6,10,14,19H,3,7-9H2,1H3. The first-order valence-corrected chi connectivity index (χ1v) is 6.54. The Morgan fingerprint density at radius 1 is 1.37 bits per heavy atom. The lowest BCUT2D eigenvalue weighted by Crippen LogP contribution is -2.16. The van der Waals surface area contributed by atoms with Crippen LogP contribution in [0.15, 0.2) is 30.3 Å². The van der Waals surface area contributed by atoms with Crippen molar-refractivity contribution in [2.24, 2.45) is 0 Å². The van der Waals surface area contributed by atoms with Gasteiger partial charge < -0.3 is 5.32 Å². The zero-order chi connectivity index (χ0) is 13.9. The Morgan fingerprint density at radius 2 is 2.11 bits per heavy atom. The fourth-order valence-electron chi connectivity index (χ4n) is 1.92. The van der Waals surface area contributed by atoms with Gasteiger partial charge in [0.25, 0.3) is 0 Å². The Labute approximate surface area is 111 Å². The molecule has 1 aromatic rings. The van der Waals surface area contributed by atoms with Gasteiger partial charge in [-0.3, -0.25) is 0 Å². The second-order valence-electron chi connectivity index (χ2n) is 4.98. The summed E-state index contributed by atoms with van der Waals surface area (Å²) >= 11 is 0. The van der Waals surface area contributed by atoms with Crippen LogP contribution in [0.2, 0.25) is 0 Å². The maximum atomic E-state index is 12.6. The molecule has 0 spiro atoms. The molecule has 1 fully saturated rings. The molecule has 0 bridgehead atoms. The molecule has 1 aliphatic carbocycles. The average Bonchev–Trinajstić information content (AvgIpc) is 3.17. The molecule has 0 unspecified atom stereocenters. The van der Waals surface area contributed by atoms with Gasteiger partial charge in [-0.1, -0.05) is 18.2 Å². The molecule has 0 aromatic heterocycles. The summed E-state index contributed by atoms with van der Waals surface area (Å²) in [5.41, 5.74) is 0.943. The molecule has 1 aliphatic rings. The maximum Gasteiger partial charge on any atom is 0.416 e. The third-order valence-corrected chi connectivity index (χ3v) is 3.25. The Balaban J connectivity index is 1.96. The zero-order valence-electron chi connectivity index (χ0n) is 10.9. The van der Waals surface area contributed by atoms with Crippen LogP contribution in [-0.4, -0.2) is 12.6 Å². The van der Waals surface area contributed by atoms with E-state index in [1.54, 1.807) is 6.07 Å². The van der Waals surface area contributed by atoms with E-state index in [-0.39, 0.29) is 0 Å². The summed E-state index contributed by atoms with van der Waals surface area (Å²) in [4.78, 5) is 0. The van der Waals surface area contributed by atoms with E-state index in [4.69, 9.17) is 0 Å². The molecule has 0 radical (unpaired) electrons. The van der Waals surface area contributed by atoms with Crippen molar-refractivity contribution < 1.29 is 13.2 Å². The van der Waals surface area contributed by atoms with E-state index in [0.29, 0.717) is 11.6 Å². The normalized spacial score (nSPS) is 16.7. The summed E-state index contributed by atoms with van der Waals surface area (Å²) in [5.74, 6) is 0. The lowest BCUT2D eigenvalue weighted by molar-refractivity contribution is -0.137. The number of rotatable bonds is 5. The second kappa shape index (κ2) is 5.78. The fourth-order valence-corrected chi connectivity index (χ4v) is 1.92. The summed E-state index contributed by atoms with van der Waals surface area (Å²) in [6.45, 7) is 2.74. The Bertz CT molecular complexity index is 459. The Kier molecular flexibility index (Phi) is 4.30. The predicted molar refractivity (Wildman–Crippen MR) is 70.7 cm³/mol.